The lowest BCUT2D eigenvalue weighted by Crippen LogP contribution is -2.45. The molecule has 1 aromatic rings. The van der Waals surface area contributed by atoms with Crippen LogP contribution in [0.15, 0.2) is 23.1 Å². The van der Waals surface area contributed by atoms with Crippen LogP contribution in [-0.2, 0) is 4.74 Å². The van der Waals surface area contributed by atoms with Gasteiger partial charge in [0.05, 0.1) is 30.5 Å². The van der Waals surface area contributed by atoms with E-state index in [2.05, 4.69) is 11.8 Å². The summed E-state index contributed by atoms with van der Waals surface area (Å²) in [5.41, 5.74) is 1.23. The van der Waals surface area contributed by atoms with E-state index in [0.29, 0.717) is 18.8 Å². The lowest BCUT2D eigenvalue weighted by molar-refractivity contribution is 0.0690. The Kier molecular flexibility index (Phi) is 4.71. The zero-order chi connectivity index (χ0) is 13.8. The van der Waals surface area contributed by atoms with Crippen LogP contribution in [0.4, 0.5) is 5.69 Å². The first-order chi connectivity index (χ1) is 9.19. The smallest absolute Gasteiger partial charge is 0.338 e. The Morgan fingerprint density at radius 1 is 1.58 bits per heavy atom. The number of carbonyl (C=O) groups is 1. The number of carboxylic acids is 1. The summed E-state index contributed by atoms with van der Waals surface area (Å²) in [7, 11) is 0. The number of ether oxygens (including phenoxy) is 1. The lowest BCUT2D eigenvalue weighted by Gasteiger charge is -2.37. The molecule has 5 heteroatoms. The van der Waals surface area contributed by atoms with Gasteiger partial charge in [-0.05, 0) is 24.8 Å². The van der Waals surface area contributed by atoms with Gasteiger partial charge in [-0.15, -0.1) is 11.8 Å². The first kappa shape index (κ1) is 14.2. The number of morpholine rings is 1. The van der Waals surface area contributed by atoms with Crippen LogP contribution in [0, 0.1) is 0 Å². The molecule has 0 aliphatic carbocycles. The topological polar surface area (TPSA) is 49.8 Å². The Hall–Kier alpha value is -1.20. The molecule has 1 aliphatic rings. The van der Waals surface area contributed by atoms with E-state index in [9.17, 15) is 9.90 Å². The van der Waals surface area contributed by atoms with Crippen LogP contribution in [0.3, 0.4) is 0 Å². The fraction of sp³-hybridized carbons (Fsp3) is 0.500. The van der Waals surface area contributed by atoms with Gasteiger partial charge in [0.25, 0.3) is 0 Å². The summed E-state index contributed by atoms with van der Waals surface area (Å²) in [5.74, 6) is -0.860. The molecule has 2 rings (SSSR count). The highest BCUT2D eigenvalue weighted by atomic mass is 32.2. The molecule has 0 spiro atoms. The van der Waals surface area contributed by atoms with E-state index in [-0.39, 0.29) is 6.04 Å². The molecule has 1 unspecified atom stereocenters. The van der Waals surface area contributed by atoms with Gasteiger partial charge in [0.2, 0.25) is 0 Å². The molecule has 1 saturated heterocycles. The van der Waals surface area contributed by atoms with Gasteiger partial charge >= 0.3 is 5.97 Å². The highest BCUT2D eigenvalue weighted by Gasteiger charge is 2.26. The number of hydrogen-bond donors (Lipinski definition) is 1. The SMILES string of the molecule is CCC1COCCN1c1cccc(SC)c1C(=O)O. The molecule has 104 valence electrons. The zero-order valence-electron chi connectivity index (χ0n) is 11.3. The predicted molar refractivity (Wildman–Crippen MR) is 77.4 cm³/mol. The minimum Gasteiger partial charge on any atom is -0.478 e. The van der Waals surface area contributed by atoms with Crippen molar-refractivity contribution in [3.8, 4) is 0 Å². The molecule has 0 amide bonds. The van der Waals surface area contributed by atoms with E-state index < -0.39 is 5.97 Å². The van der Waals surface area contributed by atoms with Crippen molar-refractivity contribution in [3.63, 3.8) is 0 Å². The molecule has 1 heterocycles. The van der Waals surface area contributed by atoms with Crippen molar-refractivity contribution in [2.24, 2.45) is 0 Å². The maximum atomic E-state index is 11.6. The number of thioether (sulfide) groups is 1. The van der Waals surface area contributed by atoms with Gasteiger partial charge in [0.15, 0.2) is 0 Å². The van der Waals surface area contributed by atoms with E-state index in [1.165, 1.54) is 11.8 Å². The summed E-state index contributed by atoms with van der Waals surface area (Å²) in [6.07, 6.45) is 2.85. The molecule has 0 bridgehead atoms. The lowest BCUT2D eigenvalue weighted by atomic mass is 10.1. The normalized spacial score (nSPS) is 19.5. The van der Waals surface area contributed by atoms with Crippen molar-refractivity contribution in [2.75, 3.05) is 30.9 Å². The number of carboxylic acid groups (broad SMARTS) is 1. The van der Waals surface area contributed by atoms with E-state index >= 15 is 0 Å². The van der Waals surface area contributed by atoms with Crippen LogP contribution < -0.4 is 4.90 Å². The van der Waals surface area contributed by atoms with Crippen LogP contribution >= 0.6 is 11.8 Å². The number of rotatable bonds is 4. The average molecular weight is 281 g/mol. The second-order valence-electron chi connectivity index (χ2n) is 4.49. The molecular formula is C14H19NO3S. The molecular weight excluding hydrogens is 262 g/mol. The molecule has 1 atom stereocenters. The number of nitrogens with zero attached hydrogens (tertiary/aromatic N) is 1. The summed E-state index contributed by atoms with van der Waals surface area (Å²) in [5, 5.41) is 9.50. The Morgan fingerprint density at radius 3 is 3.00 bits per heavy atom. The monoisotopic (exact) mass is 281 g/mol. The zero-order valence-corrected chi connectivity index (χ0v) is 12.1. The molecule has 0 aromatic heterocycles. The Bertz CT molecular complexity index is 464. The van der Waals surface area contributed by atoms with Crippen LogP contribution in [0.2, 0.25) is 0 Å². The molecule has 1 aliphatic heterocycles. The van der Waals surface area contributed by atoms with Crippen LogP contribution in [0.1, 0.15) is 23.7 Å². The summed E-state index contributed by atoms with van der Waals surface area (Å²) in [6.45, 7) is 4.17. The van der Waals surface area contributed by atoms with Gasteiger partial charge in [0, 0.05) is 11.4 Å². The van der Waals surface area contributed by atoms with Gasteiger partial charge in [-0.3, -0.25) is 0 Å². The number of aromatic carboxylic acids is 1. The van der Waals surface area contributed by atoms with Crippen molar-refractivity contribution in [3.05, 3.63) is 23.8 Å². The Labute approximate surface area is 117 Å². The molecule has 4 nitrogen and oxygen atoms in total. The van der Waals surface area contributed by atoms with Gasteiger partial charge in [-0.1, -0.05) is 13.0 Å². The molecule has 1 fully saturated rings. The molecule has 19 heavy (non-hydrogen) atoms. The van der Waals surface area contributed by atoms with E-state index in [1.807, 2.05) is 24.5 Å². The quantitative estimate of drug-likeness (QED) is 0.860. The Morgan fingerprint density at radius 2 is 2.37 bits per heavy atom. The van der Waals surface area contributed by atoms with Crippen molar-refractivity contribution >= 4 is 23.4 Å². The van der Waals surface area contributed by atoms with Gasteiger partial charge in [-0.25, -0.2) is 4.79 Å². The maximum Gasteiger partial charge on any atom is 0.338 e. The Balaban J connectivity index is 2.45. The number of benzene rings is 1. The molecule has 0 radical (unpaired) electrons. The van der Waals surface area contributed by atoms with Gasteiger partial charge in [0.1, 0.15) is 0 Å². The van der Waals surface area contributed by atoms with Gasteiger partial charge < -0.3 is 14.7 Å². The summed E-state index contributed by atoms with van der Waals surface area (Å²) in [6, 6.07) is 5.94. The summed E-state index contributed by atoms with van der Waals surface area (Å²) in [4.78, 5) is 14.6. The first-order valence-electron chi connectivity index (χ1n) is 6.43. The highest BCUT2D eigenvalue weighted by Crippen LogP contribution is 2.32. The van der Waals surface area contributed by atoms with Gasteiger partial charge in [-0.2, -0.15) is 0 Å². The summed E-state index contributed by atoms with van der Waals surface area (Å²) < 4.78 is 5.49. The van der Waals surface area contributed by atoms with Crippen molar-refractivity contribution in [1.82, 2.24) is 0 Å². The van der Waals surface area contributed by atoms with Crippen molar-refractivity contribution < 1.29 is 14.6 Å². The third kappa shape index (κ3) is 2.87. The third-order valence-electron chi connectivity index (χ3n) is 3.45. The highest BCUT2D eigenvalue weighted by molar-refractivity contribution is 7.98. The third-order valence-corrected chi connectivity index (χ3v) is 4.23. The van der Waals surface area contributed by atoms with E-state index in [4.69, 9.17) is 4.74 Å². The second kappa shape index (κ2) is 6.30. The predicted octanol–water partition coefficient (Wildman–Crippen LogP) is 2.72. The largest absolute Gasteiger partial charge is 0.478 e. The van der Waals surface area contributed by atoms with Crippen LogP contribution in [0.5, 0.6) is 0 Å². The standard InChI is InChI=1S/C14H19NO3S/c1-3-10-9-18-8-7-15(10)11-5-4-6-12(19-2)13(11)14(16)17/h4-6,10H,3,7-9H2,1-2H3,(H,16,17). The fourth-order valence-electron chi connectivity index (χ4n) is 2.45. The van der Waals surface area contributed by atoms with Crippen molar-refractivity contribution in [2.45, 2.75) is 24.3 Å². The van der Waals surface area contributed by atoms with Crippen LogP contribution in [0.25, 0.3) is 0 Å². The minimum atomic E-state index is -0.860. The second-order valence-corrected chi connectivity index (χ2v) is 5.34. The molecule has 1 aromatic carbocycles. The van der Waals surface area contributed by atoms with Crippen molar-refractivity contribution in [1.29, 1.82) is 0 Å². The number of hydrogen-bond acceptors (Lipinski definition) is 4. The first-order valence-corrected chi connectivity index (χ1v) is 7.66. The maximum absolute atomic E-state index is 11.6. The number of anilines is 1. The minimum absolute atomic E-state index is 0.254. The van der Waals surface area contributed by atoms with E-state index in [0.717, 1.165) is 23.5 Å². The average Bonchev–Trinajstić information content (AvgIpc) is 2.46. The fourth-order valence-corrected chi connectivity index (χ4v) is 3.06. The summed E-state index contributed by atoms with van der Waals surface area (Å²) >= 11 is 1.47. The molecule has 0 saturated carbocycles. The van der Waals surface area contributed by atoms with E-state index in [1.54, 1.807) is 0 Å². The molecule has 1 N–H and O–H groups in total. The van der Waals surface area contributed by atoms with Crippen LogP contribution in [-0.4, -0.2) is 43.1 Å².